The summed E-state index contributed by atoms with van der Waals surface area (Å²) in [5, 5.41) is 12.4. The molecule has 1 aliphatic heterocycles. The topological polar surface area (TPSA) is 52.6 Å². The second-order valence-electron chi connectivity index (χ2n) is 5.24. The zero-order chi connectivity index (χ0) is 13.8. The number of anilines is 1. The SMILES string of the molecule is Cc1cccc(C)c1N1CCCNCC1CC(=O)O. The number of hydrogen-bond acceptors (Lipinski definition) is 3. The Balaban J connectivity index is 2.34. The first-order valence-electron chi connectivity index (χ1n) is 6.85. The maximum absolute atomic E-state index is 11.1. The van der Waals surface area contributed by atoms with Crippen LogP contribution in [0, 0.1) is 13.8 Å². The predicted molar refractivity (Wildman–Crippen MR) is 76.8 cm³/mol. The normalized spacial score (nSPS) is 20.1. The van der Waals surface area contributed by atoms with Crippen molar-refractivity contribution in [2.24, 2.45) is 0 Å². The fourth-order valence-electron chi connectivity index (χ4n) is 2.87. The molecule has 1 fully saturated rings. The summed E-state index contributed by atoms with van der Waals surface area (Å²) in [5.41, 5.74) is 3.65. The van der Waals surface area contributed by atoms with Crippen LogP contribution in [0.5, 0.6) is 0 Å². The molecular weight excluding hydrogens is 240 g/mol. The van der Waals surface area contributed by atoms with Gasteiger partial charge in [0.25, 0.3) is 0 Å². The van der Waals surface area contributed by atoms with Gasteiger partial charge in [0.05, 0.1) is 12.5 Å². The minimum atomic E-state index is -0.732. The molecule has 0 amide bonds. The van der Waals surface area contributed by atoms with Gasteiger partial charge in [-0.3, -0.25) is 4.79 Å². The molecule has 2 N–H and O–H groups in total. The lowest BCUT2D eigenvalue weighted by molar-refractivity contribution is -0.137. The van der Waals surface area contributed by atoms with Crippen molar-refractivity contribution >= 4 is 11.7 Å². The van der Waals surface area contributed by atoms with Crippen molar-refractivity contribution in [1.82, 2.24) is 5.32 Å². The van der Waals surface area contributed by atoms with Crippen molar-refractivity contribution in [3.63, 3.8) is 0 Å². The highest BCUT2D eigenvalue weighted by Gasteiger charge is 2.25. The van der Waals surface area contributed by atoms with Gasteiger partial charge in [-0.15, -0.1) is 0 Å². The van der Waals surface area contributed by atoms with E-state index in [1.54, 1.807) is 0 Å². The first-order valence-corrected chi connectivity index (χ1v) is 6.85. The van der Waals surface area contributed by atoms with Crippen LogP contribution in [-0.2, 0) is 4.79 Å². The minimum absolute atomic E-state index is 0.0276. The van der Waals surface area contributed by atoms with Crippen LogP contribution in [0.2, 0.25) is 0 Å². The molecule has 104 valence electrons. The number of nitrogens with one attached hydrogen (secondary N) is 1. The lowest BCUT2D eigenvalue weighted by atomic mass is 10.0. The van der Waals surface area contributed by atoms with E-state index in [4.69, 9.17) is 5.11 Å². The number of carboxylic acid groups (broad SMARTS) is 1. The number of aliphatic carboxylic acids is 1. The second-order valence-corrected chi connectivity index (χ2v) is 5.24. The van der Waals surface area contributed by atoms with Crippen LogP contribution >= 0.6 is 0 Å². The molecule has 1 heterocycles. The monoisotopic (exact) mass is 262 g/mol. The molecule has 19 heavy (non-hydrogen) atoms. The summed E-state index contributed by atoms with van der Waals surface area (Å²) in [6.45, 7) is 6.80. The Labute approximate surface area is 114 Å². The molecule has 1 unspecified atom stereocenters. The molecule has 0 bridgehead atoms. The first-order chi connectivity index (χ1) is 9.09. The third-order valence-corrected chi connectivity index (χ3v) is 3.71. The number of hydrogen-bond donors (Lipinski definition) is 2. The Hall–Kier alpha value is -1.55. The number of aryl methyl sites for hydroxylation is 2. The summed E-state index contributed by atoms with van der Waals surface area (Å²) in [7, 11) is 0. The highest BCUT2D eigenvalue weighted by Crippen LogP contribution is 2.28. The van der Waals surface area contributed by atoms with Crippen LogP contribution in [0.4, 0.5) is 5.69 Å². The summed E-state index contributed by atoms with van der Waals surface area (Å²) < 4.78 is 0. The van der Waals surface area contributed by atoms with Crippen molar-refractivity contribution < 1.29 is 9.90 Å². The highest BCUT2D eigenvalue weighted by atomic mass is 16.4. The number of para-hydroxylation sites is 1. The van der Waals surface area contributed by atoms with E-state index in [0.717, 1.165) is 26.1 Å². The van der Waals surface area contributed by atoms with Gasteiger partial charge < -0.3 is 15.3 Å². The number of nitrogens with zero attached hydrogens (tertiary/aromatic N) is 1. The molecule has 0 spiro atoms. The fourth-order valence-corrected chi connectivity index (χ4v) is 2.87. The molecule has 4 heteroatoms. The van der Waals surface area contributed by atoms with E-state index < -0.39 is 5.97 Å². The summed E-state index contributed by atoms with van der Waals surface area (Å²) in [4.78, 5) is 13.3. The van der Waals surface area contributed by atoms with Gasteiger partial charge in [-0.1, -0.05) is 18.2 Å². The van der Waals surface area contributed by atoms with E-state index in [0.29, 0.717) is 0 Å². The van der Waals surface area contributed by atoms with E-state index in [1.165, 1.54) is 16.8 Å². The van der Waals surface area contributed by atoms with Gasteiger partial charge in [-0.25, -0.2) is 0 Å². The van der Waals surface area contributed by atoms with Crippen molar-refractivity contribution in [1.29, 1.82) is 0 Å². The van der Waals surface area contributed by atoms with Crippen LogP contribution in [0.1, 0.15) is 24.0 Å². The van der Waals surface area contributed by atoms with Gasteiger partial charge in [-0.05, 0) is 37.9 Å². The Bertz CT molecular complexity index is 439. The summed E-state index contributed by atoms with van der Waals surface area (Å²) in [6, 6.07) is 6.27. The molecule has 0 radical (unpaired) electrons. The van der Waals surface area contributed by atoms with Gasteiger partial charge in [0.15, 0.2) is 0 Å². The van der Waals surface area contributed by atoms with Crippen LogP contribution in [0.25, 0.3) is 0 Å². The Morgan fingerprint density at radius 1 is 1.42 bits per heavy atom. The van der Waals surface area contributed by atoms with Crippen LogP contribution in [-0.4, -0.2) is 36.8 Å². The second kappa shape index (κ2) is 6.06. The lowest BCUT2D eigenvalue weighted by Gasteiger charge is -2.33. The third-order valence-electron chi connectivity index (χ3n) is 3.71. The van der Waals surface area contributed by atoms with Gasteiger partial charge in [-0.2, -0.15) is 0 Å². The van der Waals surface area contributed by atoms with Gasteiger partial charge in [0.1, 0.15) is 0 Å². The Morgan fingerprint density at radius 3 is 2.74 bits per heavy atom. The average molecular weight is 262 g/mol. The lowest BCUT2D eigenvalue weighted by Crippen LogP contribution is -2.42. The van der Waals surface area contributed by atoms with Crippen molar-refractivity contribution in [2.75, 3.05) is 24.5 Å². The molecule has 4 nitrogen and oxygen atoms in total. The fraction of sp³-hybridized carbons (Fsp3) is 0.533. The Kier molecular flexibility index (Phi) is 4.43. The van der Waals surface area contributed by atoms with Gasteiger partial charge in [0, 0.05) is 18.8 Å². The maximum atomic E-state index is 11.1. The molecular formula is C15H22N2O2. The molecule has 1 aromatic rings. The molecule has 0 aliphatic carbocycles. The maximum Gasteiger partial charge on any atom is 0.305 e. The molecule has 1 atom stereocenters. The zero-order valence-corrected chi connectivity index (χ0v) is 11.6. The number of carbonyl (C=O) groups is 1. The van der Waals surface area contributed by atoms with Gasteiger partial charge in [0.2, 0.25) is 0 Å². The van der Waals surface area contributed by atoms with E-state index in [2.05, 4.69) is 42.3 Å². The zero-order valence-electron chi connectivity index (χ0n) is 11.6. The van der Waals surface area contributed by atoms with Gasteiger partial charge >= 0.3 is 5.97 Å². The average Bonchev–Trinajstić information content (AvgIpc) is 2.55. The standard InChI is InChI=1S/C15H22N2O2/c1-11-5-3-6-12(2)15(11)17-8-4-7-16-10-13(17)9-14(18)19/h3,5-6,13,16H,4,7-10H2,1-2H3,(H,18,19). The summed E-state index contributed by atoms with van der Waals surface area (Å²) in [6.07, 6.45) is 1.23. The molecule has 0 aromatic heterocycles. The molecule has 0 saturated carbocycles. The minimum Gasteiger partial charge on any atom is -0.481 e. The van der Waals surface area contributed by atoms with E-state index >= 15 is 0 Å². The smallest absolute Gasteiger partial charge is 0.305 e. The molecule has 2 rings (SSSR count). The van der Waals surface area contributed by atoms with Crippen LogP contribution in [0.3, 0.4) is 0 Å². The van der Waals surface area contributed by atoms with Crippen molar-refractivity contribution in [3.8, 4) is 0 Å². The summed E-state index contributed by atoms with van der Waals surface area (Å²) >= 11 is 0. The largest absolute Gasteiger partial charge is 0.481 e. The van der Waals surface area contributed by atoms with E-state index in [9.17, 15) is 4.79 Å². The molecule has 1 saturated heterocycles. The Morgan fingerprint density at radius 2 is 2.11 bits per heavy atom. The van der Waals surface area contributed by atoms with E-state index in [1.807, 2.05) is 0 Å². The van der Waals surface area contributed by atoms with E-state index in [-0.39, 0.29) is 12.5 Å². The number of carboxylic acids is 1. The van der Waals surface area contributed by atoms with Crippen LogP contribution < -0.4 is 10.2 Å². The predicted octanol–water partition coefficient (Wildman–Crippen LogP) is 1.95. The quantitative estimate of drug-likeness (QED) is 0.874. The van der Waals surface area contributed by atoms with Crippen molar-refractivity contribution in [2.45, 2.75) is 32.7 Å². The number of benzene rings is 1. The van der Waals surface area contributed by atoms with Crippen molar-refractivity contribution in [3.05, 3.63) is 29.3 Å². The summed E-state index contributed by atoms with van der Waals surface area (Å²) in [5.74, 6) is -0.732. The molecule has 1 aliphatic rings. The van der Waals surface area contributed by atoms with Crippen LogP contribution in [0.15, 0.2) is 18.2 Å². The number of rotatable bonds is 3. The first kappa shape index (κ1) is 13.9. The molecule has 1 aromatic carbocycles. The highest BCUT2D eigenvalue weighted by molar-refractivity contribution is 5.69. The third kappa shape index (κ3) is 3.26.